The van der Waals surface area contributed by atoms with Crippen molar-refractivity contribution in [2.24, 2.45) is 0 Å². The van der Waals surface area contributed by atoms with Gasteiger partial charge in [-0.15, -0.1) is 0 Å². The predicted octanol–water partition coefficient (Wildman–Crippen LogP) is 3.95. The molecule has 21 heavy (non-hydrogen) atoms. The second-order valence-corrected chi connectivity index (χ2v) is 5.76. The van der Waals surface area contributed by atoms with Crippen molar-refractivity contribution in [1.29, 1.82) is 0 Å². The van der Waals surface area contributed by atoms with Gasteiger partial charge in [0.05, 0.1) is 0 Å². The Kier molecular flexibility index (Phi) is 4.34. The lowest BCUT2D eigenvalue weighted by Crippen LogP contribution is -2.25. The van der Waals surface area contributed by atoms with Gasteiger partial charge in [-0.1, -0.05) is 54.6 Å². The molecule has 0 radical (unpaired) electrons. The van der Waals surface area contributed by atoms with E-state index in [-0.39, 0.29) is 5.91 Å². The molecule has 1 N–H and O–H groups in total. The molecule has 1 atom stereocenters. The Balaban J connectivity index is 1.52. The van der Waals surface area contributed by atoms with Crippen LogP contribution in [0.25, 0.3) is 11.1 Å². The number of carbonyl (C=O) groups excluding carboxylic acids is 1. The molecule has 1 aliphatic rings. The number of amides is 1. The summed E-state index contributed by atoms with van der Waals surface area (Å²) in [6.45, 7) is 0. The zero-order valence-electron chi connectivity index (χ0n) is 12.2. The molecule has 3 rings (SSSR count). The molecule has 1 heterocycles. The van der Waals surface area contributed by atoms with E-state index in [1.165, 1.54) is 16.7 Å². The normalized spacial score (nSPS) is 17.7. The van der Waals surface area contributed by atoms with Gasteiger partial charge in [0.25, 0.3) is 0 Å². The lowest BCUT2D eigenvalue weighted by atomic mass is 10.0. The van der Waals surface area contributed by atoms with Crippen LogP contribution in [0, 0.1) is 0 Å². The number of hydrogen-bond acceptors (Lipinski definition) is 1. The fourth-order valence-corrected chi connectivity index (χ4v) is 2.94. The minimum Gasteiger partial charge on any atom is -0.353 e. The molecule has 1 fully saturated rings. The van der Waals surface area contributed by atoms with Crippen molar-refractivity contribution in [2.45, 2.75) is 38.1 Å². The molecule has 108 valence electrons. The lowest BCUT2D eigenvalue weighted by molar-refractivity contribution is -0.119. The Hall–Kier alpha value is -2.09. The number of carbonyl (C=O) groups is 1. The molecule has 2 heteroatoms. The molecule has 0 bridgehead atoms. The maximum Gasteiger partial charge on any atom is 0.220 e. The van der Waals surface area contributed by atoms with Crippen LogP contribution in [-0.4, -0.2) is 11.9 Å². The molecule has 1 unspecified atom stereocenters. The van der Waals surface area contributed by atoms with Gasteiger partial charge in [-0.2, -0.15) is 0 Å². The van der Waals surface area contributed by atoms with Crippen LogP contribution in [-0.2, 0) is 11.2 Å². The third kappa shape index (κ3) is 3.72. The second-order valence-electron chi connectivity index (χ2n) is 5.76. The first-order chi connectivity index (χ1) is 10.3. The van der Waals surface area contributed by atoms with Gasteiger partial charge in [0.1, 0.15) is 0 Å². The van der Waals surface area contributed by atoms with Crippen molar-refractivity contribution >= 4 is 5.91 Å². The van der Waals surface area contributed by atoms with Gasteiger partial charge < -0.3 is 5.32 Å². The Morgan fingerprint density at radius 1 is 0.952 bits per heavy atom. The van der Waals surface area contributed by atoms with Crippen LogP contribution in [0.1, 0.15) is 31.2 Å². The third-order valence-electron chi connectivity index (χ3n) is 4.16. The minimum atomic E-state index is 0.215. The van der Waals surface area contributed by atoms with Gasteiger partial charge in [-0.25, -0.2) is 0 Å². The van der Waals surface area contributed by atoms with Gasteiger partial charge in [-0.05, 0) is 42.4 Å². The number of nitrogens with one attached hydrogen (secondary N) is 1. The van der Waals surface area contributed by atoms with Crippen molar-refractivity contribution in [1.82, 2.24) is 5.32 Å². The predicted molar refractivity (Wildman–Crippen MR) is 86.0 cm³/mol. The lowest BCUT2D eigenvalue weighted by Gasteiger charge is -2.09. The van der Waals surface area contributed by atoms with Crippen molar-refractivity contribution in [3.63, 3.8) is 0 Å². The van der Waals surface area contributed by atoms with E-state index in [1.807, 2.05) is 6.07 Å². The Morgan fingerprint density at radius 3 is 2.33 bits per heavy atom. The fraction of sp³-hybridized carbons (Fsp3) is 0.316. The summed E-state index contributed by atoms with van der Waals surface area (Å²) in [4.78, 5) is 11.1. The zero-order valence-corrected chi connectivity index (χ0v) is 12.2. The summed E-state index contributed by atoms with van der Waals surface area (Å²) in [5.41, 5.74) is 3.90. The van der Waals surface area contributed by atoms with E-state index in [9.17, 15) is 4.79 Å². The molecule has 0 saturated carbocycles. The van der Waals surface area contributed by atoms with Crippen molar-refractivity contribution in [2.75, 3.05) is 0 Å². The molecular formula is C19H21NO. The average molecular weight is 279 g/mol. The van der Waals surface area contributed by atoms with E-state index in [1.54, 1.807) is 0 Å². The van der Waals surface area contributed by atoms with Crippen LogP contribution in [0.4, 0.5) is 0 Å². The highest BCUT2D eigenvalue weighted by Gasteiger charge is 2.19. The number of hydrogen-bond donors (Lipinski definition) is 1. The van der Waals surface area contributed by atoms with E-state index in [2.05, 4.69) is 53.8 Å². The van der Waals surface area contributed by atoms with E-state index < -0.39 is 0 Å². The monoisotopic (exact) mass is 279 g/mol. The van der Waals surface area contributed by atoms with Gasteiger partial charge in [0.2, 0.25) is 5.91 Å². The molecule has 2 aromatic carbocycles. The molecule has 1 saturated heterocycles. The first-order valence-electron chi connectivity index (χ1n) is 7.75. The van der Waals surface area contributed by atoms with Gasteiger partial charge >= 0.3 is 0 Å². The Morgan fingerprint density at radius 2 is 1.67 bits per heavy atom. The van der Waals surface area contributed by atoms with Crippen LogP contribution in [0.5, 0.6) is 0 Å². The molecule has 0 spiro atoms. The van der Waals surface area contributed by atoms with Crippen LogP contribution in [0.3, 0.4) is 0 Å². The zero-order chi connectivity index (χ0) is 14.5. The number of benzene rings is 2. The third-order valence-corrected chi connectivity index (χ3v) is 4.16. The van der Waals surface area contributed by atoms with Crippen molar-refractivity contribution < 1.29 is 4.79 Å². The van der Waals surface area contributed by atoms with E-state index in [0.717, 1.165) is 25.7 Å². The quantitative estimate of drug-likeness (QED) is 0.882. The largest absolute Gasteiger partial charge is 0.353 e. The first kappa shape index (κ1) is 13.9. The maximum absolute atomic E-state index is 11.1. The van der Waals surface area contributed by atoms with E-state index >= 15 is 0 Å². The Labute approximate surface area is 126 Å². The summed E-state index contributed by atoms with van der Waals surface area (Å²) in [7, 11) is 0. The Bertz CT molecular complexity index is 589. The molecule has 0 aromatic heterocycles. The summed E-state index contributed by atoms with van der Waals surface area (Å²) in [6.07, 6.45) is 5.02. The van der Waals surface area contributed by atoms with Gasteiger partial charge in [-0.3, -0.25) is 4.79 Å². The van der Waals surface area contributed by atoms with Crippen molar-refractivity contribution in [3.05, 3.63) is 60.2 Å². The fourth-order valence-electron chi connectivity index (χ4n) is 2.94. The first-order valence-corrected chi connectivity index (χ1v) is 7.75. The smallest absolute Gasteiger partial charge is 0.220 e. The van der Waals surface area contributed by atoms with Crippen molar-refractivity contribution in [3.8, 4) is 11.1 Å². The molecule has 0 aliphatic carbocycles. The highest BCUT2D eigenvalue weighted by atomic mass is 16.1. The average Bonchev–Trinajstić information content (AvgIpc) is 2.94. The summed E-state index contributed by atoms with van der Waals surface area (Å²) < 4.78 is 0. The van der Waals surface area contributed by atoms with Crippen LogP contribution in [0.15, 0.2) is 54.6 Å². The topological polar surface area (TPSA) is 29.1 Å². The molecule has 2 nitrogen and oxygen atoms in total. The molecule has 2 aromatic rings. The maximum atomic E-state index is 11.1. The molecule has 1 amide bonds. The van der Waals surface area contributed by atoms with E-state index in [4.69, 9.17) is 0 Å². The minimum absolute atomic E-state index is 0.215. The second kappa shape index (κ2) is 6.57. The van der Waals surface area contributed by atoms with Crippen LogP contribution in [0.2, 0.25) is 0 Å². The van der Waals surface area contributed by atoms with Crippen LogP contribution >= 0.6 is 0 Å². The van der Waals surface area contributed by atoms with Crippen LogP contribution < -0.4 is 5.32 Å². The summed E-state index contributed by atoms with van der Waals surface area (Å²) in [5, 5.41) is 3.03. The van der Waals surface area contributed by atoms with Gasteiger partial charge in [0.15, 0.2) is 0 Å². The summed E-state index contributed by atoms with van der Waals surface area (Å²) >= 11 is 0. The molecular weight excluding hydrogens is 258 g/mol. The number of rotatable bonds is 5. The SMILES string of the molecule is O=C1CCC(CCCc2ccc(-c3ccccc3)cc2)N1. The standard InChI is InChI=1S/C19H21NO/c21-19-14-13-18(20-19)8-4-5-15-9-11-17(12-10-15)16-6-2-1-3-7-16/h1-3,6-7,9-12,18H,4-5,8,13-14H2,(H,20,21). The molecule has 1 aliphatic heterocycles. The summed E-state index contributed by atoms with van der Waals surface area (Å²) in [5.74, 6) is 0.215. The highest BCUT2D eigenvalue weighted by molar-refractivity contribution is 5.78. The van der Waals surface area contributed by atoms with E-state index in [0.29, 0.717) is 12.5 Å². The number of aryl methyl sites for hydroxylation is 1. The van der Waals surface area contributed by atoms with Gasteiger partial charge in [0, 0.05) is 12.5 Å². The summed E-state index contributed by atoms with van der Waals surface area (Å²) in [6, 6.07) is 19.7. The highest BCUT2D eigenvalue weighted by Crippen LogP contribution is 2.20.